The minimum Gasteiger partial charge on any atom is -0.479 e. The van der Waals surface area contributed by atoms with Crippen LogP contribution in [0.25, 0.3) is 21.9 Å². The molecule has 0 amide bonds. The smallest absolute Gasteiger partial charge is 0.459 e. The summed E-state index contributed by atoms with van der Waals surface area (Å²) in [7, 11) is -2.99. The van der Waals surface area contributed by atoms with Gasteiger partial charge in [-0.15, -0.1) is 0 Å². The zero-order chi connectivity index (χ0) is 33.5. The van der Waals surface area contributed by atoms with E-state index in [1.54, 1.807) is 26.0 Å². The minimum absolute atomic E-state index is 0.0952. The fraction of sp³-hybridized carbons (Fsp3) is 0.484. The molecule has 0 spiro atoms. The molecule has 2 aromatic heterocycles. The monoisotopic (exact) mass is 670 g/mol. The zero-order valence-electron chi connectivity index (χ0n) is 26.5. The molecule has 4 aromatic rings. The molecular weight excluding hydrogens is 631 g/mol. The number of nitrogen functional groups attached to an aromatic ring is 1. The summed E-state index contributed by atoms with van der Waals surface area (Å²) >= 11 is 0. The number of nitrogens with one attached hydrogen (secondary N) is 1. The highest BCUT2D eigenvalue weighted by Gasteiger charge is 2.54. The van der Waals surface area contributed by atoms with Gasteiger partial charge in [0.15, 0.2) is 17.4 Å². The quantitative estimate of drug-likeness (QED) is 0.119. The van der Waals surface area contributed by atoms with Crippen LogP contribution in [-0.4, -0.2) is 79.9 Å². The number of aromatic nitrogens is 4. The highest BCUT2D eigenvalue weighted by atomic mass is 31.2. The summed E-state index contributed by atoms with van der Waals surface area (Å²) in [5.74, 6) is -0.323. The van der Waals surface area contributed by atoms with Crippen molar-refractivity contribution >= 4 is 41.6 Å². The lowest BCUT2D eigenvalue weighted by Gasteiger charge is -2.28. The summed E-state index contributed by atoms with van der Waals surface area (Å²) in [4.78, 5) is 25.7. The number of fused-ring (bicyclic) bond motifs is 2. The summed E-state index contributed by atoms with van der Waals surface area (Å²) in [5, 5.41) is 27.0. The molecule has 1 saturated heterocycles. The van der Waals surface area contributed by atoms with E-state index in [-0.39, 0.29) is 41.3 Å². The number of aliphatic hydroxyl groups is 2. The van der Waals surface area contributed by atoms with E-state index in [0.29, 0.717) is 11.3 Å². The number of hydrogen-bond acceptors (Lipinski definition) is 13. The van der Waals surface area contributed by atoms with Crippen LogP contribution in [0.1, 0.15) is 39.8 Å². The number of carbonyl (C=O) groups excluding carboxylic acids is 1. The van der Waals surface area contributed by atoms with E-state index in [2.05, 4.69) is 20.0 Å². The number of aliphatic hydroxyl groups excluding tert-OH is 1. The fourth-order valence-corrected chi connectivity index (χ4v) is 7.17. The highest BCUT2D eigenvalue weighted by molar-refractivity contribution is 7.52. The Morgan fingerprint density at radius 3 is 2.66 bits per heavy atom. The Bertz CT molecular complexity index is 1810. The number of carbonyl (C=O) groups is 1. The molecular formula is C31H39N6O9P. The number of nitrogens with two attached hydrogens (primary N) is 1. The van der Waals surface area contributed by atoms with Crippen LogP contribution in [-0.2, 0) is 23.4 Å². The maximum Gasteiger partial charge on any atom is 0.459 e. The van der Waals surface area contributed by atoms with Crippen LogP contribution in [0.2, 0.25) is 0 Å². The molecule has 1 aliphatic heterocycles. The van der Waals surface area contributed by atoms with Gasteiger partial charge in [-0.1, -0.05) is 50.2 Å². The molecule has 3 heterocycles. The van der Waals surface area contributed by atoms with E-state index < -0.39 is 50.4 Å². The number of hydrogen-bond donors (Lipinski definition) is 4. The number of benzene rings is 2. The Kier molecular flexibility index (Phi) is 9.13. The van der Waals surface area contributed by atoms with Crippen LogP contribution in [0.4, 0.5) is 5.95 Å². The summed E-state index contributed by atoms with van der Waals surface area (Å²) < 4.78 is 44.9. The van der Waals surface area contributed by atoms with Crippen LogP contribution < -0.4 is 20.1 Å². The van der Waals surface area contributed by atoms with Gasteiger partial charge in [-0.3, -0.25) is 13.9 Å². The van der Waals surface area contributed by atoms with Gasteiger partial charge >= 0.3 is 13.7 Å². The predicted molar refractivity (Wildman–Crippen MR) is 170 cm³/mol. The van der Waals surface area contributed by atoms with Crippen molar-refractivity contribution in [1.29, 1.82) is 0 Å². The van der Waals surface area contributed by atoms with Gasteiger partial charge in [0.2, 0.25) is 11.8 Å². The lowest BCUT2D eigenvalue weighted by molar-refractivity contribution is -0.147. The molecule has 0 radical (unpaired) electrons. The number of esters is 1. The van der Waals surface area contributed by atoms with Crippen molar-refractivity contribution in [2.24, 2.45) is 11.8 Å². The molecule has 3 unspecified atom stereocenters. The number of imidazole rings is 1. The van der Waals surface area contributed by atoms with Crippen LogP contribution in [0, 0.1) is 11.8 Å². The largest absolute Gasteiger partial charge is 0.479 e. The normalized spacial score (nSPS) is 24.8. The third-order valence-electron chi connectivity index (χ3n) is 8.36. The predicted octanol–water partition coefficient (Wildman–Crippen LogP) is 3.35. The lowest BCUT2D eigenvalue weighted by Crippen LogP contribution is -2.45. The molecule has 6 rings (SSSR count). The van der Waals surface area contributed by atoms with Gasteiger partial charge in [-0.25, -0.2) is 9.55 Å². The zero-order valence-corrected chi connectivity index (χ0v) is 27.4. The summed E-state index contributed by atoms with van der Waals surface area (Å²) in [6, 6.07) is 11.6. The molecule has 2 aliphatic rings. The number of nitrogens with zero attached hydrogens (tertiary/aromatic N) is 4. The lowest BCUT2D eigenvalue weighted by atomic mass is 9.96. The third kappa shape index (κ3) is 6.77. The first-order valence-electron chi connectivity index (χ1n) is 15.4. The van der Waals surface area contributed by atoms with Gasteiger partial charge in [0.25, 0.3) is 0 Å². The first kappa shape index (κ1) is 33.1. The Labute approximate surface area is 270 Å². The Morgan fingerprint density at radius 2 is 1.94 bits per heavy atom. The van der Waals surface area contributed by atoms with Crippen molar-refractivity contribution < 1.29 is 42.8 Å². The Hall–Kier alpha value is -3.85. The fourth-order valence-electron chi connectivity index (χ4n) is 5.48. The van der Waals surface area contributed by atoms with E-state index in [1.807, 2.05) is 30.3 Å². The number of rotatable bonds is 13. The van der Waals surface area contributed by atoms with Crippen molar-refractivity contribution in [3.05, 3.63) is 48.8 Å². The minimum atomic E-state index is -4.39. The molecule has 47 heavy (non-hydrogen) atoms. The van der Waals surface area contributed by atoms with Crippen LogP contribution in [0.3, 0.4) is 0 Å². The summed E-state index contributed by atoms with van der Waals surface area (Å²) in [5.41, 5.74) is 4.43. The molecule has 2 fully saturated rings. The molecule has 0 bridgehead atoms. The maximum absolute atomic E-state index is 14.6. The van der Waals surface area contributed by atoms with Crippen molar-refractivity contribution in [2.75, 3.05) is 26.1 Å². The third-order valence-corrected chi connectivity index (χ3v) is 9.88. The van der Waals surface area contributed by atoms with Gasteiger partial charge in [0.05, 0.1) is 26.7 Å². The number of anilines is 1. The highest BCUT2D eigenvalue weighted by Crippen LogP contribution is 2.49. The van der Waals surface area contributed by atoms with Gasteiger partial charge in [0.1, 0.15) is 29.6 Å². The topological polar surface area (TPSA) is 202 Å². The van der Waals surface area contributed by atoms with E-state index in [0.717, 1.165) is 18.2 Å². The molecule has 16 heteroatoms. The molecule has 15 nitrogen and oxygen atoms in total. The summed E-state index contributed by atoms with van der Waals surface area (Å²) in [6.07, 6.45) is -0.609. The van der Waals surface area contributed by atoms with E-state index in [9.17, 15) is 19.6 Å². The van der Waals surface area contributed by atoms with Gasteiger partial charge in [0, 0.05) is 5.39 Å². The van der Waals surface area contributed by atoms with Gasteiger partial charge in [-0.2, -0.15) is 15.1 Å². The van der Waals surface area contributed by atoms with Crippen molar-refractivity contribution in [1.82, 2.24) is 24.6 Å². The second-order valence-corrected chi connectivity index (χ2v) is 14.1. The molecule has 5 N–H and O–H groups in total. The van der Waals surface area contributed by atoms with Gasteiger partial charge in [-0.05, 0) is 43.1 Å². The average molecular weight is 671 g/mol. The van der Waals surface area contributed by atoms with Crippen LogP contribution in [0.15, 0.2) is 48.8 Å². The first-order chi connectivity index (χ1) is 22.4. The van der Waals surface area contributed by atoms with Gasteiger partial charge < -0.3 is 34.7 Å². The van der Waals surface area contributed by atoms with E-state index in [1.165, 1.54) is 24.9 Å². The van der Waals surface area contributed by atoms with E-state index in [4.69, 9.17) is 29.0 Å². The van der Waals surface area contributed by atoms with Crippen molar-refractivity contribution in [3.8, 4) is 11.6 Å². The second-order valence-electron chi connectivity index (χ2n) is 12.4. The van der Waals surface area contributed by atoms with Crippen LogP contribution in [0.5, 0.6) is 11.6 Å². The molecule has 1 saturated carbocycles. The summed E-state index contributed by atoms with van der Waals surface area (Å²) in [6.45, 7) is 4.72. The SMILES string of the molecule is COc1nc(N)nc2c1ncn2C1O[C@H](COP(=O)(NC(C(=O)OCC2CC2)C(C)C)Oc2cccc3ccccc23)[C@@H](O)[C@@]1(C)O. The Balaban J connectivity index is 1.27. The standard InChI is InChI=1S/C31H39N6O9P/c1-17(2)23(28(39)43-14-18-12-13-18)36-47(41,46-21-11-7-9-19-8-5-6-10-20(19)21)44-15-22-25(38)31(3,40)29(45-22)37-16-33-24-26(37)34-30(32)35-27(24)42-4/h5-11,16-18,22-23,25,29,38,40H,12-15H2,1-4H3,(H,36,41)(H2,32,34,35)/t22-,23?,25-,29?,31-,47?/m1/s1. The molecule has 6 atom stereocenters. The maximum atomic E-state index is 14.6. The second kappa shape index (κ2) is 13.0. The number of ether oxygens (including phenoxy) is 3. The molecule has 1 aliphatic carbocycles. The van der Waals surface area contributed by atoms with Crippen molar-refractivity contribution in [3.63, 3.8) is 0 Å². The number of methoxy groups -OCH3 is 1. The van der Waals surface area contributed by atoms with Crippen LogP contribution >= 0.6 is 7.75 Å². The van der Waals surface area contributed by atoms with Crippen molar-refractivity contribution in [2.45, 2.75) is 63.7 Å². The van der Waals surface area contributed by atoms with E-state index >= 15 is 0 Å². The molecule has 2 aromatic carbocycles. The average Bonchev–Trinajstić information content (AvgIpc) is 3.74. The molecule has 252 valence electrons. The first-order valence-corrected chi connectivity index (χ1v) is 16.9. The Morgan fingerprint density at radius 1 is 1.19 bits per heavy atom.